The number of pyridine rings is 1. The number of nitriles is 1. The van der Waals surface area contributed by atoms with E-state index in [0.29, 0.717) is 0 Å². The quantitative estimate of drug-likeness (QED) is 0.680. The molecule has 1 atom stereocenters. The summed E-state index contributed by atoms with van der Waals surface area (Å²) in [6, 6.07) is 8.22. The minimum Gasteiger partial charge on any atom is -0.391 e. The van der Waals surface area contributed by atoms with Crippen LogP contribution < -0.4 is 10.2 Å². The van der Waals surface area contributed by atoms with Crippen molar-refractivity contribution in [3.8, 4) is 23.0 Å². The van der Waals surface area contributed by atoms with Crippen molar-refractivity contribution in [2.45, 2.75) is 19.0 Å². The Balaban J connectivity index is 1.69. The Morgan fingerprint density at radius 3 is 3.03 bits per heavy atom. The molecule has 1 saturated heterocycles. The molecule has 1 fully saturated rings. The van der Waals surface area contributed by atoms with Crippen LogP contribution in [0.1, 0.15) is 37.6 Å². The van der Waals surface area contributed by atoms with Crippen LogP contribution >= 0.6 is 0 Å². The van der Waals surface area contributed by atoms with Gasteiger partial charge in [-0.05, 0) is 24.6 Å². The minimum atomic E-state index is -3.50. The molecular formula is C21H17FN6O2. The lowest BCUT2D eigenvalue weighted by atomic mass is 10.0. The molecule has 150 valence electrons. The maximum Gasteiger partial charge on any atom is 0.255 e. The van der Waals surface area contributed by atoms with E-state index in [1.54, 1.807) is 0 Å². The number of hydrogen-bond acceptors (Lipinski definition) is 6. The molecule has 1 amide bonds. The van der Waals surface area contributed by atoms with E-state index >= 15 is 0 Å². The molecule has 0 aliphatic carbocycles. The number of nitrogens with one attached hydrogen (secondary N) is 1. The van der Waals surface area contributed by atoms with Gasteiger partial charge in [-0.15, -0.1) is 0 Å². The summed E-state index contributed by atoms with van der Waals surface area (Å²) >= 11 is 0. The Kier molecular flexibility index (Phi) is 2.78. The molecule has 8 nitrogen and oxygen atoms in total. The number of β-amino-alcohol motifs (C(OH)–C–C–N with tert-alkyl or cyclic N) is 1. The molecule has 9 heteroatoms. The highest BCUT2D eigenvalue weighted by Crippen LogP contribution is 2.31. The predicted octanol–water partition coefficient (Wildman–Crippen LogP) is 1.76. The Bertz CT molecular complexity index is 1490. The first-order valence-corrected chi connectivity index (χ1v) is 8.76. The monoisotopic (exact) mass is 411 g/mol. The lowest BCUT2D eigenvalue weighted by molar-refractivity contribution is 0.0965. The van der Waals surface area contributed by atoms with Gasteiger partial charge in [0.05, 0.1) is 56.6 Å². The SMILES string of the molecule is [2H]C1([2H])N(c2ccn(-c3cc(-c4c(F)cccc4C#N)nc4c3C(=O)NC4)n2)C([2H])([2H])C([2H])(O)C1([2H])[2H]. The van der Waals surface area contributed by atoms with E-state index in [9.17, 15) is 19.6 Å². The Labute approximate surface area is 181 Å². The van der Waals surface area contributed by atoms with Crippen molar-refractivity contribution in [2.24, 2.45) is 0 Å². The minimum absolute atomic E-state index is 0.00276. The van der Waals surface area contributed by atoms with E-state index in [-0.39, 0.29) is 45.2 Å². The number of fused-ring (bicyclic) bond motifs is 1. The second kappa shape index (κ2) is 6.93. The zero-order chi connectivity index (χ0) is 27.1. The molecule has 5 rings (SSSR count). The summed E-state index contributed by atoms with van der Waals surface area (Å²) in [4.78, 5) is 17.2. The third-order valence-corrected chi connectivity index (χ3v) is 4.66. The zero-order valence-corrected chi connectivity index (χ0v) is 15.1. The molecule has 2 N–H and O–H groups in total. The zero-order valence-electron chi connectivity index (χ0n) is 22.1. The lowest BCUT2D eigenvalue weighted by Crippen LogP contribution is -2.21. The van der Waals surface area contributed by atoms with E-state index in [0.717, 1.165) is 16.8 Å². The number of aliphatic hydroxyl groups is 1. The van der Waals surface area contributed by atoms with Crippen molar-refractivity contribution in [2.75, 3.05) is 17.9 Å². The molecule has 0 bridgehead atoms. The fraction of sp³-hybridized carbons (Fsp3) is 0.238. The second-order valence-electron chi connectivity index (χ2n) is 6.46. The third kappa shape index (κ3) is 2.89. The van der Waals surface area contributed by atoms with Crippen molar-refractivity contribution in [3.05, 3.63) is 59.2 Å². The number of hydrogen-bond donors (Lipinski definition) is 2. The van der Waals surface area contributed by atoms with Crippen LogP contribution in [0.3, 0.4) is 0 Å². The molecule has 3 aromatic rings. The molecule has 1 unspecified atom stereocenters. The summed E-state index contributed by atoms with van der Waals surface area (Å²) in [5.74, 6) is -1.73. The fourth-order valence-electron chi connectivity index (χ4n) is 3.35. The smallest absolute Gasteiger partial charge is 0.255 e. The summed E-state index contributed by atoms with van der Waals surface area (Å²) in [5.41, 5.74) is 0.240. The highest BCUT2D eigenvalue weighted by Gasteiger charge is 2.29. The Morgan fingerprint density at radius 2 is 2.27 bits per heavy atom. The summed E-state index contributed by atoms with van der Waals surface area (Å²) in [6.07, 6.45) is -5.64. The Morgan fingerprint density at radius 1 is 1.40 bits per heavy atom. The van der Waals surface area contributed by atoms with Crippen LogP contribution in [-0.2, 0) is 6.54 Å². The normalized spacial score (nSPS) is 28.6. The molecular weight excluding hydrogens is 387 g/mol. The first kappa shape index (κ1) is 12.0. The first-order valence-electron chi connectivity index (χ1n) is 12.3. The van der Waals surface area contributed by atoms with Gasteiger partial charge in [0, 0.05) is 30.7 Å². The van der Waals surface area contributed by atoms with Gasteiger partial charge in [-0.2, -0.15) is 10.4 Å². The summed E-state index contributed by atoms with van der Waals surface area (Å²) < 4.78 is 72.2. The van der Waals surface area contributed by atoms with Crippen LogP contribution in [0.2, 0.25) is 0 Å². The van der Waals surface area contributed by atoms with Crippen molar-refractivity contribution in [1.29, 1.82) is 5.26 Å². The van der Waals surface area contributed by atoms with Crippen LogP contribution in [0, 0.1) is 17.1 Å². The van der Waals surface area contributed by atoms with E-state index in [4.69, 9.17) is 9.60 Å². The standard InChI is InChI=1S/C21H17FN6O2/c22-14-3-1-2-12(9-23)19(14)15-8-17(20-16(25-15)10-24-21(20)30)28-7-5-18(26-28)27-6-4-13(29)11-27/h1-3,5,7-8,13,29H,4,6,10-11H2,(H,24,30)/i4D2,6D2,11D2,13D. The van der Waals surface area contributed by atoms with Crippen LogP contribution in [0.5, 0.6) is 0 Å². The molecule has 0 saturated carbocycles. The highest BCUT2D eigenvalue weighted by atomic mass is 19.1. The van der Waals surface area contributed by atoms with Crippen molar-refractivity contribution in [1.82, 2.24) is 20.1 Å². The van der Waals surface area contributed by atoms with Gasteiger partial charge >= 0.3 is 0 Å². The van der Waals surface area contributed by atoms with Gasteiger partial charge in [-0.25, -0.2) is 14.1 Å². The van der Waals surface area contributed by atoms with E-state index in [1.807, 2.05) is 6.07 Å². The number of halogens is 1. The summed E-state index contributed by atoms with van der Waals surface area (Å²) in [5, 5.41) is 26.5. The highest BCUT2D eigenvalue weighted by molar-refractivity contribution is 6.01. The summed E-state index contributed by atoms with van der Waals surface area (Å²) in [6.45, 7) is -6.46. The van der Waals surface area contributed by atoms with E-state index in [1.165, 1.54) is 24.4 Å². The van der Waals surface area contributed by atoms with Gasteiger partial charge in [0.2, 0.25) is 0 Å². The van der Waals surface area contributed by atoms with Crippen molar-refractivity contribution < 1.29 is 23.9 Å². The lowest BCUT2D eigenvalue weighted by Gasteiger charge is -2.14. The number of rotatable bonds is 3. The number of carbonyl (C=O) groups excluding carboxylic acids is 1. The van der Waals surface area contributed by atoms with Gasteiger partial charge in [0.25, 0.3) is 5.91 Å². The molecule has 2 aliphatic heterocycles. The third-order valence-electron chi connectivity index (χ3n) is 4.66. The summed E-state index contributed by atoms with van der Waals surface area (Å²) in [7, 11) is 0. The molecule has 30 heavy (non-hydrogen) atoms. The van der Waals surface area contributed by atoms with Crippen LogP contribution in [0.4, 0.5) is 10.2 Å². The fourth-order valence-corrected chi connectivity index (χ4v) is 3.35. The molecule has 2 aromatic heterocycles. The van der Waals surface area contributed by atoms with Crippen molar-refractivity contribution >= 4 is 11.7 Å². The van der Waals surface area contributed by atoms with Crippen LogP contribution in [0.15, 0.2) is 36.5 Å². The van der Waals surface area contributed by atoms with E-state index in [2.05, 4.69) is 15.4 Å². The molecule has 4 heterocycles. The molecule has 0 radical (unpaired) electrons. The first-order chi connectivity index (χ1) is 17.2. The average molecular weight is 411 g/mol. The molecule has 1 aromatic carbocycles. The number of nitrogens with zero attached hydrogens (tertiary/aromatic N) is 5. The van der Waals surface area contributed by atoms with Crippen LogP contribution in [-0.4, -0.2) is 44.9 Å². The number of amides is 1. The van der Waals surface area contributed by atoms with Gasteiger partial charge in [0.15, 0.2) is 5.82 Å². The topological polar surface area (TPSA) is 107 Å². The maximum absolute atomic E-state index is 14.7. The number of anilines is 1. The number of benzene rings is 1. The van der Waals surface area contributed by atoms with Crippen LogP contribution in [0.25, 0.3) is 16.9 Å². The second-order valence-corrected chi connectivity index (χ2v) is 6.46. The van der Waals surface area contributed by atoms with E-state index < -0.39 is 43.0 Å². The van der Waals surface area contributed by atoms with Crippen molar-refractivity contribution in [3.63, 3.8) is 0 Å². The molecule has 0 spiro atoms. The number of aromatic nitrogens is 3. The van der Waals surface area contributed by atoms with Gasteiger partial charge < -0.3 is 15.3 Å². The Hall–Kier alpha value is -3.77. The number of carbonyl (C=O) groups is 1. The van der Waals surface area contributed by atoms with Gasteiger partial charge in [0.1, 0.15) is 5.82 Å². The largest absolute Gasteiger partial charge is 0.391 e. The van der Waals surface area contributed by atoms with Gasteiger partial charge in [-0.3, -0.25) is 4.79 Å². The predicted molar refractivity (Wildman–Crippen MR) is 105 cm³/mol. The average Bonchev–Trinajstić information content (AvgIpc) is 3.46. The van der Waals surface area contributed by atoms with Gasteiger partial charge in [-0.1, -0.05) is 6.07 Å². The molecule has 2 aliphatic rings. The maximum atomic E-state index is 14.7.